The lowest BCUT2D eigenvalue weighted by Crippen LogP contribution is -2.25. The fourth-order valence-electron chi connectivity index (χ4n) is 1.86. The van der Waals surface area contributed by atoms with Gasteiger partial charge in [0, 0.05) is 26.4 Å². The summed E-state index contributed by atoms with van der Waals surface area (Å²) in [6.45, 7) is 2.50. The molecule has 6 nitrogen and oxygen atoms in total. The summed E-state index contributed by atoms with van der Waals surface area (Å²) in [7, 11) is 1.63. The number of nitrogens with zero attached hydrogens (tertiary/aromatic N) is 2. The highest BCUT2D eigenvalue weighted by molar-refractivity contribution is 5.76. The molecule has 0 atom stereocenters. The molecule has 0 aromatic heterocycles. The second-order valence-electron chi connectivity index (χ2n) is 4.77. The second-order valence-corrected chi connectivity index (χ2v) is 4.77. The average molecular weight is 291 g/mol. The number of nitrogens with one attached hydrogen (secondary N) is 1. The topological polar surface area (TPSA) is 91.1 Å². The molecule has 0 unspecified atom stereocenters. The van der Waals surface area contributed by atoms with Crippen molar-refractivity contribution in [1.29, 1.82) is 0 Å². The maximum absolute atomic E-state index is 11.5. The Morgan fingerprint density at radius 3 is 2.71 bits per heavy atom. The van der Waals surface area contributed by atoms with Crippen LogP contribution in [-0.2, 0) is 16.0 Å². The molecule has 21 heavy (non-hydrogen) atoms. The van der Waals surface area contributed by atoms with Crippen LogP contribution in [0, 0.1) is 6.92 Å². The molecule has 0 saturated heterocycles. The number of benzene rings is 1. The van der Waals surface area contributed by atoms with Gasteiger partial charge in [-0.25, -0.2) is 0 Å². The number of carbonyl (C=O) groups is 2. The van der Waals surface area contributed by atoms with Gasteiger partial charge in [-0.15, -0.1) is 0 Å². The van der Waals surface area contributed by atoms with Gasteiger partial charge in [0.15, 0.2) is 0 Å². The molecule has 1 rings (SSSR count). The summed E-state index contributed by atoms with van der Waals surface area (Å²) in [6, 6.07) is 5.94. The zero-order valence-corrected chi connectivity index (χ0v) is 12.4. The van der Waals surface area contributed by atoms with Crippen LogP contribution in [0.1, 0.15) is 30.4 Å². The van der Waals surface area contributed by atoms with Crippen molar-refractivity contribution in [1.82, 2.24) is 5.32 Å². The number of carbonyl (C=O) groups excluding carboxylic acids is 1. The number of aliphatic carboxylic acids is 1. The molecular formula is C15H21N3O3. The highest BCUT2D eigenvalue weighted by atomic mass is 16.4. The largest absolute Gasteiger partial charge is 0.481 e. The van der Waals surface area contributed by atoms with E-state index in [4.69, 9.17) is 5.11 Å². The Hall–Kier alpha value is -2.24. The molecule has 0 aliphatic carbocycles. The van der Waals surface area contributed by atoms with Crippen LogP contribution < -0.4 is 5.32 Å². The number of carboxylic acid groups (broad SMARTS) is 1. The summed E-state index contributed by atoms with van der Waals surface area (Å²) < 4.78 is 0. The molecule has 0 radical (unpaired) electrons. The van der Waals surface area contributed by atoms with Crippen LogP contribution in [0.4, 0.5) is 5.69 Å². The molecule has 0 fully saturated rings. The zero-order chi connectivity index (χ0) is 15.7. The number of rotatable bonds is 8. The maximum atomic E-state index is 11.5. The third kappa shape index (κ3) is 6.65. The Morgan fingerprint density at radius 1 is 1.29 bits per heavy atom. The van der Waals surface area contributed by atoms with E-state index in [0.717, 1.165) is 16.8 Å². The van der Waals surface area contributed by atoms with Gasteiger partial charge in [0.2, 0.25) is 5.91 Å². The molecule has 0 aliphatic rings. The second kappa shape index (κ2) is 8.84. The van der Waals surface area contributed by atoms with Gasteiger partial charge in [0.1, 0.15) is 0 Å². The standard InChI is InChI=1S/C15H21N3O3/c1-11-6-7-12(10-13(11)18-16-2)8-9-17-14(19)4-3-5-15(20)21/h6-7,10H,3-5,8-9H2,1-2H3,(H,17,19)(H,20,21). The number of hydrogen-bond acceptors (Lipinski definition) is 4. The average Bonchev–Trinajstić information content (AvgIpc) is 2.42. The van der Waals surface area contributed by atoms with Gasteiger partial charge in [-0.3, -0.25) is 9.59 Å². The summed E-state index contributed by atoms with van der Waals surface area (Å²) in [4.78, 5) is 21.8. The molecule has 1 aromatic carbocycles. The molecule has 1 amide bonds. The highest BCUT2D eigenvalue weighted by Gasteiger charge is 2.04. The van der Waals surface area contributed by atoms with Gasteiger partial charge in [-0.1, -0.05) is 12.1 Å². The van der Waals surface area contributed by atoms with Gasteiger partial charge in [0.25, 0.3) is 0 Å². The summed E-state index contributed by atoms with van der Waals surface area (Å²) in [5.74, 6) is -0.989. The molecule has 114 valence electrons. The molecule has 0 bridgehead atoms. The third-order valence-electron chi connectivity index (χ3n) is 3.01. The minimum atomic E-state index is -0.875. The molecule has 0 aliphatic heterocycles. The predicted molar refractivity (Wildman–Crippen MR) is 79.8 cm³/mol. The van der Waals surface area contributed by atoms with E-state index in [1.54, 1.807) is 7.05 Å². The van der Waals surface area contributed by atoms with Gasteiger partial charge in [0.05, 0.1) is 5.69 Å². The van der Waals surface area contributed by atoms with Gasteiger partial charge in [-0.2, -0.15) is 10.2 Å². The number of aryl methyl sites for hydroxylation is 1. The molecule has 6 heteroatoms. The minimum absolute atomic E-state index is 0.0246. The Morgan fingerprint density at radius 2 is 2.05 bits per heavy atom. The highest BCUT2D eigenvalue weighted by Crippen LogP contribution is 2.20. The van der Waals surface area contributed by atoms with E-state index in [0.29, 0.717) is 19.4 Å². The van der Waals surface area contributed by atoms with Crippen molar-refractivity contribution in [2.75, 3.05) is 13.6 Å². The Labute approximate surface area is 124 Å². The molecule has 0 spiro atoms. The van der Waals surface area contributed by atoms with Crippen LogP contribution in [0.5, 0.6) is 0 Å². The van der Waals surface area contributed by atoms with E-state index >= 15 is 0 Å². The summed E-state index contributed by atoms with van der Waals surface area (Å²) in [5.41, 5.74) is 2.97. The van der Waals surface area contributed by atoms with E-state index in [2.05, 4.69) is 15.5 Å². The fraction of sp³-hybridized carbons (Fsp3) is 0.467. The Balaban J connectivity index is 2.37. The van der Waals surface area contributed by atoms with Gasteiger partial charge < -0.3 is 10.4 Å². The Kier molecular flexibility index (Phi) is 7.08. The van der Waals surface area contributed by atoms with Crippen molar-refractivity contribution in [3.8, 4) is 0 Å². The van der Waals surface area contributed by atoms with Crippen LogP contribution in [0.2, 0.25) is 0 Å². The van der Waals surface area contributed by atoms with E-state index in [1.165, 1.54) is 0 Å². The summed E-state index contributed by atoms with van der Waals surface area (Å²) in [5, 5.41) is 19.1. The lowest BCUT2D eigenvalue weighted by atomic mass is 10.1. The molecule has 0 saturated carbocycles. The first-order valence-corrected chi connectivity index (χ1v) is 6.90. The van der Waals surface area contributed by atoms with E-state index < -0.39 is 5.97 Å². The number of azo groups is 1. The Bertz CT molecular complexity index is 527. The number of carboxylic acids is 1. The lowest BCUT2D eigenvalue weighted by Gasteiger charge is -2.06. The van der Waals surface area contributed by atoms with Crippen molar-refractivity contribution in [2.24, 2.45) is 10.2 Å². The minimum Gasteiger partial charge on any atom is -0.481 e. The van der Waals surface area contributed by atoms with Crippen molar-refractivity contribution in [3.63, 3.8) is 0 Å². The molecule has 0 heterocycles. The molecular weight excluding hydrogens is 270 g/mol. The third-order valence-corrected chi connectivity index (χ3v) is 3.01. The van der Waals surface area contributed by atoms with E-state index in [-0.39, 0.29) is 18.7 Å². The van der Waals surface area contributed by atoms with E-state index in [1.807, 2.05) is 25.1 Å². The molecule has 1 aromatic rings. The van der Waals surface area contributed by atoms with Gasteiger partial charge >= 0.3 is 5.97 Å². The first kappa shape index (κ1) is 16.8. The zero-order valence-electron chi connectivity index (χ0n) is 12.4. The summed E-state index contributed by atoms with van der Waals surface area (Å²) >= 11 is 0. The van der Waals surface area contributed by atoms with Gasteiger partial charge in [-0.05, 0) is 37.0 Å². The number of amides is 1. The van der Waals surface area contributed by atoms with Crippen molar-refractivity contribution < 1.29 is 14.7 Å². The van der Waals surface area contributed by atoms with Crippen molar-refractivity contribution in [3.05, 3.63) is 29.3 Å². The van der Waals surface area contributed by atoms with Crippen molar-refractivity contribution >= 4 is 17.6 Å². The smallest absolute Gasteiger partial charge is 0.303 e. The van der Waals surface area contributed by atoms with E-state index in [9.17, 15) is 9.59 Å². The van der Waals surface area contributed by atoms with Crippen LogP contribution in [0.3, 0.4) is 0 Å². The van der Waals surface area contributed by atoms with Crippen LogP contribution >= 0.6 is 0 Å². The lowest BCUT2D eigenvalue weighted by molar-refractivity contribution is -0.137. The fourth-order valence-corrected chi connectivity index (χ4v) is 1.86. The van der Waals surface area contributed by atoms with Crippen LogP contribution in [0.25, 0.3) is 0 Å². The quantitative estimate of drug-likeness (QED) is 0.721. The normalized spacial score (nSPS) is 10.8. The van der Waals surface area contributed by atoms with Crippen LogP contribution in [-0.4, -0.2) is 30.6 Å². The monoisotopic (exact) mass is 291 g/mol. The summed E-state index contributed by atoms with van der Waals surface area (Å²) in [6.07, 6.45) is 1.34. The number of hydrogen-bond donors (Lipinski definition) is 2. The predicted octanol–water partition coefficient (Wildman–Crippen LogP) is 2.62. The first-order chi connectivity index (χ1) is 10.0. The maximum Gasteiger partial charge on any atom is 0.303 e. The van der Waals surface area contributed by atoms with Crippen LogP contribution in [0.15, 0.2) is 28.4 Å². The van der Waals surface area contributed by atoms with Crippen molar-refractivity contribution in [2.45, 2.75) is 32.6 Å². The molecule has 2 N–H and O–H groups in total. The SMILES string of the molecule is CN=Nc1cc(CCNC(=O)CCCC(=O)O)ccc1C. The first-order valence-electron chi connectivity index (χ1n) is 6.90.